The highest BCUT2D eigenvalue weighted by molar-refractivity contribution is 6.98. The standard InChI is InChI=1S/C49H30BNO2/c1-3-15-31(16-4-1)49(32-17-5-2-6-18-32)36-21-9-7-19-34(36)46-37(49)27-28-41-47(46)35-20-8-12-24-40(35)51(41)33-29-44-48-45(30-33)53-43-26-14-11-23-39(43)50(48)38-22-10-13-25-42(38)52-44/h1-30H. The molecule has 3 heterocycles. The lowest BCUT2D eigenvalue weighted by Crippen LogP contribution is -2.57. The van der Waals surface area contributed by atoms with Crippen molar-refractivity contribution in [1.82, 2.24) is 4.57 Å². The highest BCUT2D eigenvalue weighted by atomic mass is 16.5. The number of hydrogen-bond acceptors (Lipinski definition) is 2. The Morgan fingerprint density at radius 1 is 0.453 bits per heavy atom. The average Bonchev–Trinajstić information content (AvgIpc) is 3.72. The Morgan fingerprint density at radius 2 is 1.02 bits per heavy atom. The molecule has 8 aromatic carbocycles. The predicted molar refractivity (Wildman–Crippen MR) is 216 cm³/mol. The Hall–Kier alpha value is -6.78. The second-order valence-corrected chi connectivity index (χ2v) is 14.3. The number of rotatable bonds is 3. The van der Waals surface area contributed by atoms with Crippen molar-refractivity contribution in [3.05, 3.63) is 204 Å². The highest BCUT2D eigenvalue weighted by Crippen LogP contribution is 2.59. The van der Waals surface area contributed by atoms with E-state index in [0.717, 1.165) is 56.1 Å². The van der Waals surface area contributed by atoms with Crippen molar-refractivity contribution >= 4 is 44.9 Å². The maximum atomic E-state index is 6.75. The Labute approximate surface area is 307 Å². The zero-order valence-corrected chi connectivity index (χ0v) is 28.7. The molecule has 0 fully saturated rings. The number of aromatic nitrogens is 1. The molecule has 0 spiro atoms. The van der Waals surface area contributed by atoms with E-state index in [-0.39, 0.29) is 6.71 Å². The van der Waals surface area contributed by atoms with E-state index in [9.17, 15) is 0 Å². The van der Waals surface area contributed by atoms with Crippen LogP contribution < -0.4 is 25.9 Å². The molecule has 0 saturated heterocycles. The minimum atomic E-state index is -0.473. The van der Waals surface area contributed by atoms with Crippen LogP contribution in [-0.2, 0) is 5.41 Å². The van der Waals surface area contributed by atoms with Crippen LogP contribution in [0, 0.1) is 0 Å². The van der Waals surface area contributed by atoms with Crippen LogP contribution >= 0.6 is 0 Å². The molecule has 53 heavy (non-hydrogen) atoms. The number of ether oxygens (including phenoxy) is 2. The van der Waals surface area contributed by atoms with Gasteiger partial charge in [0.25, 0.3) is 6.71 Å². The van der Waals surface area contributed by atoms with Gasteiger partial charge in [-0.25, -0.2) is 0 Å². The number of benzene rings is 8. The van der Waals surface area contributed by atoms with Crippen LogP contribution in [-0.4, -0.2) is 11.3 Å². The summed E-state index contributed by atoms with van der Waals surface area (Å²) in [6.45, 7) is 0.0333. The van der Waals surface area contributed by atoms with Gasteiger partial charge in [0.2, 0.25) is 0 Å². The second-order valence-electron chi connectivity index (χ2n) is 14.3. The maximum absolute atomic E-state index is 6.75. The summed E-state index contributed by atoms with van der Waals surface area (Å²) in [5, 5.41) is 2.47. The van der Waals surface area contributed by atoms with Crippen LogP contribution in [0.2, 0.25) is 0 Å². The summed E-state index contributed by atoms with van der Waals surface area (Å²) in [5.41, 5.74) is 13.9. The third-order valence-corrected chi connectivity index (χ3v) is 11.8. The summed E-state index contributed by atoms with van der Waals surface area (Å²) < 4.78 is 15.9. The van der Waals surface area contributed by atoms with E-state index in [4.69, 9.17) is 9.47 Å². The average molecular weight is 676 g/mol. The minimum absolute atomic E-state index is 0.0333. The third kappa shape index (κ3) is 3.74. The smallest absolute Gasteiger partial charge is 0.260 e. The molecule has 12 rings (SSSR count). The monoisotopic (exact) mass is 675 g/mol. The molecule has 1 aromatic heterocycles. The number of nitrogens with zero attached hydrogens (tertiary/aromatic N) is 1. The van der Waals surface area contributed by atoms with Gasteiger partial charge in [-0.3, -0.25) is 0 Å². The molecule has 0 atom stereocenters. The second kappa shape index (κ2) is 10.6. The van der Waals surface area contributed by atoms with Crippen LogP contribution in [0.3, 0.4) is 0 Å². The summed E-state index contributed by atoms with van der Waals surface area (Å²) in [4.78, 5) is 0. The topological polar surface area (TPSA) is 23.4 Å². The molecule has 0 radical (unpaired) electrons. The van der Waals surface area contributed by atoms with Crippen molar-refractivity contribution in [2.24, 2.45) is 0 Å². The summed E-state index contributed by atoms with van der Waals surface area (Å²) in [6, 6.07) is 65.8. The first-order chi connectivity index (χ1) is 26.3. The molecule has 0 unspecified atom stereocenters. The van der Waals surface area contributed by atoms with Gasteiger partial charge in [0.1, 0.15) is 23.0 Å². The van der Waals surface area contributed by atoms with Gasteiger partial charge < -0.3 is 14.0 Å². The van der Waals surface area contributed by atoms with Gasteiger partial charge in [-0.2, -0.15) is 0 Å². The zero-order valence-electron chi connectivity index (χ0n) is 28.7. The first-order valence-electron chi connectivity index (χ1n) is 18.3. The SMILES string of the molecule is c1ccc(C2(c3ccccc3)c3ccccc3-c3c2ccc2c3c3ccccc3n2-c2cc3c4c(c2)Oc2ccccc2B4c2ccccc2O3)cc1. The fourth-order valence-corrected chi connectivity index (χ4v) is 9.78. The zero-order chi connectivity index (χ0) is 34.7. The van der Waals surface area contributed by atoms with Gasteiger partial charge in [-0.1, -0.05) is 146 Å². The van der Waals surface area contributed by atoms with Crippen molar-refractivity contribution in [3.63, 3.8) is 0 Å². The molecule has 1 aliphatic carbocycles. The van der Waals surface area contributed by atoms with E-state index >= 15 is 0 Å². The Kier molecular flexibility index (Phi) is 5.79. The quantitative estimate of drug-likeness (QED) is 0.174. The molecule has 3 nitrogen and oxygen atoms in total. The van der Waals surface area contributed by atoms with Crippen LogP contribution in [0.4, 0.5) is 0 Å². The molecule has 0 saturated carbocycles. The molecule has 0 N–H and O–H groups in total. The van der Waals surface area contributed by atoms with E-state index in [1.807, 2.05) is 0 Å². The molecular formula is C49H30BNO2. The number of fused-ring (bicyclic) bond motifs is 11. The maximum Gasteiger partial charge on any atom is 0.260 e. The van der Waals surface area contributed by atoms with Gasteiger partial charge in [-0.15, -0.1) is 0 Å². The lowest BCUT2D eigenvalue weighted by atomic mass is 9.35. The predicted octanol–water partition coefficient (Wildman–Crippen LogP) is 9.87. The first-order valence-corrected chi connectivity index (χ1v) is 18.3. The Morgan fingerprint density at radius 3 is 1.70 bits per heavy atom. The van der Waals surface area contributed by atoms with Gasteiger partial charge in [0.15, 0.2) is 0 Å². The summed E-state index contributed by atoms with van der Waals surface area (Å²) in [7, 11) is 0. The van der Waals surface area contributed by atoms with Crippen molar-refractivity contribution < 1.29 is 9.47 Å². The molecule has 4 heteroatoms. The lowest BCUT2D eigenvalue weighted by molar-refractivity contribution is 0.464. The van der Waals surface area contributed by atoms with Crippen molar-refractivity contribution in [3.8, 4) is 39.8 Å². The van der Waals surface area contributed by atoms with Crippen molar-refractivity contribution in [1.29, 1.82) is 0 Å². The van der Waals surface area contributed by atoms with Crippen LogP contribution in [0.15, 0.2) is 182 Å². The van der Waals surface area contributed by atoms with E-state index in [0.29, 0.717) is 0 Å². The molecule has 9 aromatic rings. The normalized spacial score (nSPS) is 14.1. The van der Waals surface area contributed by atoms with Crippen molar-refractivity contribution in [2.45, 2.75) is 5.41 Å². The van der Waals surface area contributed by atoms with Gasteiger partial charge in [0, 0.05) is 28.4 Å². The molecular weight excluding hydrogens is 645 g/mol. The largest absolute Gasteiger partial charge is 0.458 e. The van der Waals surface area contributed by atoms with Gasteiger partial charge in [0.05, 0.1) is 22.1 Å². The van der Waals surface area contributed by atoms with Crippen LogP contribution in [0.5, 0.6) is 23.0 Å². The molecule has 0 bridgehead atoms. The first kappa shape index (κ1) is 28.9. The van der Waals surface area contributed by atoms with Gasteiger partial charge in [-0.05, 0) is 68.6 Å². The summed E-state index contributed by atoms with van der Waals surface area (Å²) in [6.07, 6.45) is 0. The summed E-state index contributed by atoms with van der Waals surface area (Å²) >= 11 is 0. The minimum Gasteiger partial charge on any atom is -0.458 e. The number of hydrogen-bond donors (Lipinski definition) is 0. The molecule has 3 aliphatic rings. The fraction of sp³-hybridized carbons (Fsp3) is 0.0204. The van der Waals surface area contributed by atoms with Crippen LogP contribution in [0.1, 0.15) is 22.3 Å². The Balaban J connectivity index is 1.17. The van der Waals surface area contributed by atoms with Gasteiger partial charge >= 0.3 is 0 Å². The van der Waals surface area contributed by atoms with E-state index < -0.39 is 5.41 Å². The van der Waals surface area contributed by atoms with Crippen molar-refractivity contribution in [2.75, 3.05) is 0 Å². The van der Waals surface area contributed by atoms with E-state index in [1.165, 1.54) is 44.2 Å². The molecule has 246 valence electrons. The highest BCUT2D eigenvalue weighted by Gasteiger charge is 2.47. The number of para-hydroxylation sites is 3. The Bertz CT molecular complexity index is 2860. The van der Waals surface area contributed by atoms with E-state index in [1.54, 1.807) is 0 Å². The third-order valence-electron chi connectivity index (χ3n) is 11.8. The summed E-state index contributed by atoms with van der Waals surface area (Å²) in [5.74, 6) is 3.44. The molecule has 2 aliphatic heterocycles. The molecule has 0 amide bonds. The van der Waals surface area contributed by atoms with Crippen LogP contribution in [0.25, 0.3) is 38.6 Å². The lowest BCUT2D eigenvalue weighted by Gasteiger charge is -2.34. The van der Waals surface area contributed by atoms with E-state index in [2.05, 4.69) is 187 Å². The fourth-order valence-electron chi connectivity index (χ4n) is 9.78.